The lowest BCUT2D eigenvalue weighted by atomic mass is 9.83. The number of hydrogen-bond acceptors (Lipinski definition) is 3. The topological polar surface area (TPSA) is 48.9 Å². The number of guanidine groups is 1. The molecule has 0 amide bonds. The number of nitrogens with one attached hydrogen (secondary N) is 2. The lowest BCUT2D eigenvalue weighted by molar-refractivity contribution is 0.105. The smallest absolute Gasteiger partial charge is 0.191 e. The summed E-state index contributed by atoms with van der Waals surface area (Å²) >= 11 is 0. The van der Waals surface area contributed by atoms with Crippen molar-refractivity contribution in [3.63, 3.8) is 0 Å². The van der Waals surface area contributed by atoms with Crippen molar-refractivity contribution in [1.29, 1.82) is 0 Å². The quantitative estimate of drug-likeness (QED) is 0.401. The molecule has 0 bridgehead atoms. The highest BCUT2D eigenvalue weighted by Crippen LogP contribution is 2.40. The Hall–Kier alpha value is -0.810. The van der Waals surface area contributed by atoms with Crippen LogP contribution in [0.4, 0.5) is 0 Å². The van der Waals surface area contributed by atoms with Gasteiger partial charge >= 0.3 is 0 Å². The normalized spacial score (nSPS) is 27.2. The largest absolute Gasteiger partial charge is 0.382 e. The van der Waals surface area contributed by atoms with E-state index in [9.17, 15) is 0 Å². The molecule has 0 aromatic heterocycles. The first-order valence-corrected chi connectivity index (χ1v) is 10.3. The van der Waals surface area contributed by atoms with Crippen molar-refractivity contribution in [2.24, 2.45) is 16.3 Å². The van der Waals surface area contributed by atoms with Gasteiger partial charge < -0.3 is 15.4 Å². The number of rotatable bonds is 8. The van der Waals surface area contributed by atoms with Crippen LogP contribution in [0, 0.1) is 11.3 Å². The van der Waals surface area contributed by atoms with Gasteiger partial charge in [0, 0.05) is 52.0 Å². The molecule has 2 N–H and O–H groups in total. The third kappa shape index (κ3) is 5.85. The first-order chi connectivity index (χ1) is 12.0. The van der Waals surface area contributed by atoms with E-state index in [-0.39, 0.29) is 0 Å². The Balaban J connectivity index is 1.84. The minimum Gasteiger partial charge on any atom is -0.382 e. The maximum Gasteiger partial charge on any atom is 0.191 e. The van der Waals surface area contributed by atoms with E-state index in [1.165, 1.54) is 32.2 Å². The number of likely N-dealkylation sites (tertiary alicyclic amines) is 1. The van der Waals surface area contributed by atoms with E-state index < -0.39 is 0 Å². The Labute approximate surface area is 155 Å². The number of hydrogen-bond donors (Lipinski definition) is 2. The average Bonchev–Trinajstić information content (AvgIpc) is 3.19. The van der Waals surface area contributed by atoms with Gasteiger partial charge in [0.25, 0.3) is 0 Å². The van der Waals surface area contributed by atoms with Crippen molar-refractivity contribution in [3.05, 3.63) is 0 Å². The monoisotopic (exact) mass is 352 g/mol. The highest BCUT2D eigenvalue weighted by Gasteiger charge is 2.35. The van der Waals surface area contributed by atoms with E-state index in [1.54, 1.807) is 0 Å². The van der Waals surface area contributed by atoms with Crippen LogP contribution in [-0.2, 0) is 4.74 Å². The van der Waals surface area contributed by atoms with E-state index in [1.807, 2.05) is 7.05 Å². The van der Waals surface area contributed by atoms with Gasteiger partial charge in [-0.15, -0.1) is 0 Å². The van der Waals surface area contributed by atoms with E-state index in [2.05, 4.69) is 48.2 Å². The molecule has 5 nitrogen and oxygen atoms in total. The second-order valence-electron chi connectivity index (χ2n) is 8.36. The summed E-state index contributed by atoms with van der Waals surface area (Å²) < 4.78 is 5.63. The predicted octanol–water partition coefficient (Wildman–Crippen LogP) is 2.87. The third-order valence-corrected chi connectivity index (χ3v) is 6.19. The molecule has 0 spiro atoms. The zero-order chi connectivity index (χ0) is 18.3. The fourth-order valence-electron chi connectivity index (χ4n) is 4.33. The Morgan fingerprint density at radius 1 is 1.28 bits per heavy atom. The second-order valence-corrected chi connectivity index (χ2v) is 8.36. The number of aliphatic imine (C=N–C) groups is 1. The molecule has 0 aromatic rings. The van der Waals surface area contributed by atoms with Gasteiger partial charge in [-0.25, -0.2) is 0 Å². The van der Waals surface area contributed by atoms with Gasteiger partial charge in [-0.3, -0.25) is 9.89 Å². The van der Waals surface area contributed by atoms with Crippen molar-refractivity contribution in [2.75, 3.05) is 39.9 Å². The number of nitrogens with zero attached hydrogens (tertiary/aromatic N) is 2. The Morgan fingerprint density at radius 2 is 2.00 bits per heavy atom. The van der Waals surface area contributed by atoms with Crippen LogP contribution in [0.3, 0.4) is 0 Å². The van der Waals surface area contributed by atoms with Gasteiger partial charge in [0.05, 0.1) is 0 Å². The predicted molar refractivity (Wildman–Crippen MR) is 106 cm³/mol. The zero-order valence-corrected chi connectivity index (χ0v) is 17.1. The van der Waals surface area contributed by atoms with Crippen LogP contribution < -0.4 is 10.6 Å². The maximum absolute atomic E-state index is 5.63. The molecular formula is C20H40N4O. The molecule has 2 aliphatic rings. The van der Waals surface area contributed by atoms with E-state index in [0.717, 1.165) is 38.7 Å². The van der Waals surface area contributed by atoms with Crippen LogP contribution in [0.15, 0.2) is 4.99 Å². The van der Waals surface area contributed by atoms with Crippen LogP contribution in [-0.4, -0.2) is 62.8 Å². The summed E-state index contributed by atoms with van der Waals surface area (Å²) in [6.45, 7) is 14.0. The molecule has 0 aromatic carbocycles. The molecule has 5 heteroatoms. The molecule has 146 valence electrons. The van der Waals surface area contributed by atoms with Crippen LogP contribution in [0.2, 0.25) is 0 Å². The van der Waals surface area contributed by atoms with Gasteiger partial charge in [0.15, 0.2) is 5.96 Å². The summed E-state index contributed by atoms with van der Waals surface area (Å²) in [7, 11) is 1.89. The van der Waals surface area contributed by atoms with Crippen LogP contribution in [0.1, 0.15) is 59.8 Å². The van der Waals surface area contributed by atoms with Crippen LogP contribution in [0.5, 0.6) is 0 Å². The molecule has 2 atom stereocenters. The standard InChI is InChI=1S/C20H40N4O/c1-6-25-12-11-20(9-7-8-10-20)15-22-19(21-5)23-18-14-24(16(2)3)13-17(18)4/h16-18H,6-15H2,1-5H3,(H2,21,22,23). The second kappa shape index (κ2) is 9.77. The molecule has 1 aliphatic heterocycles. The summed E-state index contributed by atoms with van der Waals surface area (Å²) in [5, 5.41) is 7.31. The molecule has 1 saturated heterocycles. The van der Waals surface area contributed by atoms with Crippen molar-refractivity contribution in [2.45, 2.75) is 71.9 Å². The molecule has 25 heavy (non-hydrogen) atoms. The SMILES string of the molecule is CCOCCC1(CNC(=NC)NC2CN(C(C)C)CC2C)CCCC1. The minimum absolute atomic E-state index is 0.387. The summed E-state index contributed by atoms with van der Waals surface area (Å²) in [5.74, 6) is 1.62. The Bertz CT molecular complexity index is 418. The van der Waals surface area contributed by atoms with Crippen molar-refractivity contribution < 1.29 is 4.74 Å². The molecule has 1 aliphatic carbocycles. The Morgan fingerprint density at radius 3 is 2.56 bits per heavy atom. The molecule has 2 unspecified atom stereocenters. The van der Waals surface area contributed by atoms with Crippen LogP contribution in [0.25, 0.3) is 0 Å². The lowest BCUT2D eigenvalue weighted by Gasteiger charge is -2.31. The molecule has 1 saturated carbocycles. The van der Waals surface area contributed by atoms with Crippen molar-refractivity contribution >= 4 is 5.96 Å². The fraction of sp³-hybridized carbons (Fsp3) is 0.950. The highest BCUT2D eigenvalue weighted by atomic mass is 16.5. The van der Waals surface area contributed by atoms with E-state index >= 15 is 0 Å². The fourth-order valence-corrected chi connectivity index (χ4v) is 4.33. The van der Waals surface area contributed by atoms with Crippen molar-refractivity contribution in [1.82, 2.24) is 15.5 Å². The molecule has 0 radical (unpaired) electrons. The molecular weight excluding hydrogens is 312 g/mol. The van der Waals surface area contributed by atoms with Gasteiger partial charge in [0.2, 0.25) is 0 Å². The van der Waals surface area contributed by atoms with Gasteiger partial charge in [-0.1, -0.05) is 19.8 Å². The van der Waals surface area contributed by atoms with Crippen LogP contribution >= 0.6 is 0 Å². The maximum atomic E-state index is 5.63. The lowest BCUT2D eigenvalue weighted by Crippen LogP contribution is -2.49. The molecule has 2 fully saturated rings. The summed E-state index contributed by atoms with van der Waals surface area (Å²) in [4.78, 5) is 7.04. The third-order valence-electron chi connectivity index (χ3n) is 6.19. The number of ether oxygens (including phenoxy) is 1. The Kier molecular flexibility index (Phi) is 8.01. The molecule has 2 rings (SSSR count). The van der Waals surface area contributed by atoms with E-state index in [4.69, 9.17) is 4.74 Å². The summed E-state index contributed by atoms with van der Waals surface area (Å²) in [5.41, 5.74) is 0.387. The highest BCUT2D eigenvalue weighted by molar-refractivity contribution is 5.80. The average molecular weight is 353 g/mol. The first kappa shape index (κ1) is 20.5. The van der Waals surface area contributed by atoms with Gasteiger partial charge in [-0.05, 0) is 51.4 Å². The summed E-state index contributed by atoms with van der Waals surface area (Å²) in [6, 6.07) is 1.10. The first-order valence-electron chi connectivity index (χ1n) is 10.3. The summed E-state index contributed by atoms with van der Waals surface area (Å²) in [6.07, 6.45) is 6.48. The van der Waals surface area contributed by atoms with E-state index in [0.29, 0.717) is 23.4 Å². The van der Waals surface area contributed by atoms with Crippen molar-refractivity contribution in [3.8, 4) is 0 Å². The molecule has 1 heterocycles. The minimum atomic E-state index is 0.387. The van der Waals surface area contributed by atoms with Gasteiger partial charge in [-0.2, -0.15) is 0 Å². The van der Waals surface area contributed by atoms with Gasteiger partial charge in [0.1, 0.15) is 0 Å². The zero-order valence-electron chi connectivity index (χ0n) is 17.1.